The zero-order valence-corrected chi connectivity index (χ0v) is 12.7. The molecule has 0 unspecified atom stereocenters. The second-order valence-corrected chi connectivity index (χ2v) is 4.36. The van der Waals surface area contributed by atoms with Crippen LogP contribution in [0, 0.1) is 0 Å². The van der Waals surface area contributed by atoms with E-state index in [4.69, 9.17) is 14.2 Å². The number of hydrogen-bond donors (Lipinski definition) is 0. The molecule has 0 aliphatic heterocycles. The quantitative estimate of drug-likeness (QED) is 0.606. The first-order chi connectivity index (χ1) is 10.7. The van der Waals surface area contributed by atoms with Gasteiger partial charge in [-0.25, -0.2) is 0 Å². The van der Waals surface area contributed by atoms with E-state index in [1.54, 1.807) is 43.6 Å². The molecule has 1 aromatic heterocycles. The molecular formula is C17H17NO4. The van der Waals surface area contributed by atoms with E-state index in [-0.39, 0.29) is 5.78 Å². The molecule has 0 saturated carbocycles. The molecule has 0 radical (unpaired) electrons. The van der Waals surface area contributed by atoms with Gasteiger partial charge in [-0.3, -0.25) is 9.78 Å². The van der Waals surface area contributed by atoms with Gasteiger partial charge in [0.1, 0.15) is 0 Å². The van der Waals surface area contributed by atoms with Gasteiger partial charge in [0.2, 0.25) is 5.75 Å². The number of pyridine rings is 1. The molecule has 0 spiro atoms. The Hall–Kier alpha value is -2.82. The van der Waals surface area contributed by atoms with Crippen molar-refractivity contribution in [2.45, 2.75) is 0 Å². The van der Waals surface area contributed by atoms with Crippen molar-refractivity contribution in [1.82, 2.24) is 4.98 Å². The van der Waals surface area contributed by atoms with Crippen molar-refractivity contribution in [2.24, 2.45) is 0 Å². The van der Waals surface area contributed by atoms with Gasteiger partial charge in [0.05, 0.1) is 21.3 Å². The third-order valence-corrected chi connectivity index (χ3v) is 3.09. The number of carbonyl (C=O) groups excluding carboxylic acids is 1. The van der Waals surface area contributed by atoms with Crippen LogP contribution in [0.2, 0.25) is 0 Å². The van der Waals surface area contributed by atoms with Crippen LogP contribution in [0.1, 0.15) is 15.9 Å². The Kier molecular flexibility index (Phi) is 5.14. The number of nitrogens with zero attached hydrogens (tertiary/aromatic N) is 1. The number of benzene rings is 1. The number of methoxy groups -OCH3 is 3. The summed E-state index contributed by atoms with van der Waals surface area (Å²) in [6.07, 6.45) is 6.30. The molecule has 0 bridgehead atoms. The predicted octanol–water partition coefficient (Wildman–Crippen LogP) is 3.00. The lowest BCUT2D eigenvalue weighted by molar-refractivity contribution is 0.104. The maximum Gasteiger partial charge on any atom is 0.203 e. The monoisotopic (exact) mass is 299 g/mol. The zero-order chi connectivity index (χ0) is 15.9. The van der Waals surface area contributed by atoms with E-state index in [0.29, 0.717) is 22.8 Å². The molecule has 0 amide bonds. The van der Waals surface area contributed by atoms with Crippen molar-refractivity contribution < 1.29 is 19.0 Å². The molecule has 0 aliphatic rings. The lowest BCUT2D eigenvalue weighted by Gasteiger charge is -2.13. The highest BCUT2D eigenvalue weighted by atomic mass is 16.5. The molecule has 1 aromatic carbocycles. The van der Waals surface area contributed by atoms with Crippen molar-refractivity contribution in [2.75, 3.05) is 21.3 Å². The van der Waals surface area contributed by atoms with Gasteiger partial charge in [-0.2, -0.15) is 0 Å². The van der Waals surface area contributed by atoms with Gasteiger partial charge in [0, 0.05) is 23.5 Å². The highest BCUT2D eigenvalue weighted by Gasteiger charge is 2.14. The van der Waals surface area contributed by atoms with E-state index in [2.05, 4.69) is 4.98 Å². The molecule has 2 rings (SSSR count). The summed E-state index contributed by atoms with van der Waals surface area (Å²) in [5.74, 6) is 1.43. The lowest BCUT2D eigenvalue weighted by atomic mass is 10.1. The van der Waals surface area contributed by atoms with Gasteiger partial charge >= 0.3 is 0 Å². The van der Waals surface area contributed by atoms with E-state index < -0.39 is 0 Å². The average molecular weight is 299 g/mol. The van der Waals surface area contributed by atoms with Crippen molar-refractivity contribution >= 4 is 11.9 Å². The first-order valence-corrected chi connectivity index (χ1v) is 6.62. The Bertz CT molecular complexity index is 681. The highest BCUT2D eigenvalue weighted by molar-refractivity contribution is 6.06. The smallest absolute Gasteiger partial charge is 0.203 e. The van der Waals surface area contributed by atoms with Crippen molar-refractivity contribution in [1.29, 1.82) is 0 Å². The standard InChI is InChI=1S/C17H17NO4/c1-20-15-9-7-12(16(21-2)17(15)22-3)6-8-14(19)13-5-4-10-18-11-13/h4-11H,1-3H3. The summed E-state index contributed by atoms with van der Waals surface area (Å²) in [6, 6.07) is 6.99. The number of allylic oxidation sites excluding steroid dienone is 1. The summed E-state index contributed by atoms with van der Waals surface area (Å²) in [6.45, 7) is 0. The van der Waals surface area contributed by atoms with Gasteiger partial charge in [0.25, 0.3) is 0 Å². The van der Waals surface area contributed by atoms with Crippen LogP contribution in [0.5, 0.6) is 17.2 Å². The van der Waals surface area contributed by atoms with E-state index >= 15 is 0 Å². The van der Waals surface area contributed by atoms with Crippen LogP contribution in [-0.4, -0.2) is 32.1 Å². The highest BCUT2D eigenvalue weighted by Crippen LogP contribution is 2.40. The Balaban J connectivity index is 2.33. The third-order valence-electron chi connectivity index (χ3n) is 3.09. The molecule has 5 heteroatoms. The Labute approximate surface area is 129 Å². The molecule has 0 atom stereocenters. The van der Waals surface area contributed by atoms with Gasteiger partial charge in [-0.15, -0.1) is 0 Å². The normalized spacial score (nSPS) is 10.5. The maximum atomic E-state index is 12.1. The van der Waals surface area contributed by atoms with Crippen molar-refractivity contribution in [3.8, 4) is 17.2 Å². The van der Waals surface area contributed by atoms with Gasteiger partial charge < -0.3 is 14.2 Å². The summed E-state index contributed by atoms with van der Waals surface area (Å²) in [5.41, 5.74) is 1.25. The van der Waals surface area contributed by atoms with E-state index in [9.17, 15) is 4.79 Å². The lowest BCUT2D eigenvalue weighted by Crippen LogP contribution is -1.97. The minimum atomic E-state index is -0.134. The average Bonchev–Trinajstić information content (AvgIpc) is 2.59. The predicted molar refractivity (Wildman–Crippen MR) is 83.7 cm³/mol. The zero-order valence-electron chi connectivity index (χ0n) is 12.7. The fraction of sp³-hybridized carbons (Fsp3) is 0.176. The first kappa shape index (κ1) is 15.6. The summed E-state index contributed by atoms with van der Waals surface area (Å²) < 4.78 is 15.9. The largest absolute Gasteiger partial charge is 0.493 e. The molecule has 0 saturated heterocycles. The fourth-order valence-corrected chi connectivity index (χ4v) is 2.03. The van der Waals surface area contributed by atoms with Crippen LogP contribution in [0.3, 0.4) is 0 Å². The minimum absolute atomic E-state index is 0.134. The SMILES string of the molecule is COc1ccc(C=CC(=O)c2cccnc2)c(OC)c1OC. The number of carbonyl (C=O) groups is 1. The van der Waals surface area contributed by atoms with Crippen LogP contribution >= 0.6 is 0 Å². The number of ether oxygens (including phenoxy) is 3. The van der Waals surface area contributed by atoms with Crippen molar-refractivity contribution in [3.63, 3.8) is 0 Å². The van der Waals surface area contributed by atoms with E-state index in [0.717, 1.165) is 5.56 Å². The molecule has 114 valence electrons. The molecule has 0 fully saturated rings. The Morgan fingerprint density at radius 3 is 2.41 bits per heavy atom. The number of hydrogen-bond acceptors (Lipinski definition) is 5. The summed E-state index contributed by atoms with van der Waals surface area (Å²) in [5, 5.41) is 0. The summed E-state index contributed by atoms with van der Waals surface area (Å²) >= 11 is 0. The Morgan fingerprint density at radius 2 is 1.82 bits per heavy atom. The van der Waals surface area contributed by atoms with Crippen molar-refractivity contribution in [3.05, 3.63) is 53.9 Å². The molecule has 0 N–H and O–H groups in total. The minimum Gasteiger partial charge on any atom is -0.493 e. The molecule has 2 aromatic rings. The summed E-state index contributed by atoms with van der Waals surface area (Å²) in [4.78, 5) is 16.0. The fourth-order valence-electron chi connectivity index (χ4n) is 2.03. The molecule has 22 heavy (non-hydrogen) atoms. The van der Waals surface area contributed by atoms with Crippen LogP contribution in [0.15, 0.2) is 42.7 Å². The molecule has 5 nitrogen and oxygen atoms in total. The second kappa shape index (κ2) is 7.26. The van der Waals surface area contributed by atoms with E-state index in [1.165, 1.54) is 26.5 Å². The van der Waals surface area contributed by atoms with E-state index in [1.807, 2.05) is 0 Å². The van der Waals surface area contributed by atoms with Crippen LogP contribution in [0.4, 0.5) is 0 Å². The molecule has 0 aliphatic carbocycles. The number of ketones is 1. The summed E-state index contributed by atoms with van der Waals surface area (Å²) in [7, 11) is 4.63. The molecular weight excluding hydrogens is 282 g/mol. The first-order valence-electron chi connectivity index (χ1n) is 6.62. The van der Waals surface area contributed by atoms with Gasteiger partial charge in [-0.05, 0) is 36.4 Å². The van der Waals surface area contributed by atoms with Gasteiger partial charge in [0.15, 0.2) is 17.3 Å². The number of rotatable bonds is 6. The second-order valence-electron chi connectivity index (χ2n) is 4.36. The van der Waals surface area contributed by atoms with Gasteiger partial charge in [-0.1, -0.05) is 0 Å². The molecule has 1 heterocycles. The van der Waals surface area contributed by atoms with Crippen LogP contribution < -0.4 is 14.2 Å². The maximum absolute atomic E-state index is 12.1. The number of aromatic nitrogens is 1. The van der Waals surface area contributed by atoms with Crippen LogP contribution in [0.25, 0.3) is 6.08 Å². The Morgan fingerprint density at radius 1 is 1.05 bits per heavy atom. The van der Waals surface area contributed by atoms with Crippen LogP contribution in [-0.2, 0) is 0 Å². The third kappa shape index (κ3) is 3.25. The topological polar surface area (TPSA) is 57.7 Å².